The first-order valence-corrected chi connectivity index (χ1v) is 7.59. The number of nitrogens with one attached hydrogen (secondary N) is 1. The number of piperidine rings is 1. The maximum Gasteiger partial charge on any atom is 0.243 e. The van der Waals surface area contributed by atoms with Crippen LogP contribution in [0.2, 0.25) is 0 Å². The van der Waals surface area contributed by atoms with Crippen LogP contribution in [-0.2, 0) is 0 Å². The van der Waals surface area contributed by atoms with Crippen LogP contribution in [0.4, 0.5) is 0 Å². The van der Waals surface area contributed by atoms with Gasteiger partial charge in [0.2, 0.25) is 5.89 Å². The standard InChI is InChI=1S/C14H25N5O/c1-10-4-5-15-11(8-10)14-16-13(17-20-14)12-9-18(2)6-7-19(12)3/h10-12,15H,4-9H2,1-3H3. The van der Waals surface area contributed by atoms with E-state index in [0.717, 1.165) is 50.2 Å². The van der Waals surface area contributed by atoms with Gasteiger partial charge in [0, 0.05) is 19.6 Å². The van der Waals surface area contributed by atoms with Gasteiger partial charge in [-0.2, -0.15) is 4.98 Å². The van der Waals surface area contributed by atoms with E-state index >= 15 is 0 Å². The van der Waals surface area contributed by atoms with Crippen LogP contribution in [0.5, 0.6) is 0 Å². The highest BCUT2D eigenvalue weighted by Crippen LogP contribution is 2.28. The molecule has 1 aromatic rings. The second kappa shape index (κ2) is 5.79. The summed E-state index contributed by atoms with van der Waals surface area (Å²) in [4.78, 5) is 9.30. The van der Waals surface area contributed by atoms with Crippen molar-refractivity contribution < 1.29 is 4.52 Å². The summed E-state index contributed by atoms with van der Waals surface area (Å²) in [6.07, 6.45) is 2.32. The Kier molecular flexibility index (Phi) is 4.05. The van der Waals surface area contributed by atoms with Gasteiger partial charge in [-0.15, -0.1) is 0 Å². The molecule has 6 nitrogen and oxygen atoms in total. The van der Waals surface area contributed by atoms with Crippen molar-refractivity contribution in [3.8, 4) is 0 Å². The number of hydrogen-bond acceptors (Lipinski definition) is 6. The van der Waals surface area contributed by atoms with Crippen molar-refractivity contribution in [3.05, 3.63) is 11.7 Å². The van der Waals surface area contributed by atoms with Crippen molar-refractivity contribution in [2.45, 2.75) is 31.8 Å². The van der Waals surface area contributed by atoms with Gasteiger partial charge in [-0.3, -0.25) is 4.90 Å². The smallest absolute Gasteiger partial charge is 0.243 e. The maximum absolute atomic E-state index is 5.52. The minimum Gasteiger partial charge on any atom is -0.338 e. The van der Waals surface area contributed by atoms with Gasteiger partial charge >= 0.3 is 0 Å². The topological polar surface area (TPSA) is 57.4 Å². The lowest BCUT2D eigenvalue weighted by atomic mass is 9.94. The minimum absolute atomic E-state index is 0.228. The van der Waals surface area contributed by atoms with Gasteiger partial charge < -0.3 is 14.7 Å². The van der Waals surface area contributed by atoms with Gasteiger partial charge in [0.25, 0.3) is 0 Å². The molecule has 0 spiro atoms. The van der Waals surface area contributed by atoms with Gasteiger partial charge in [0.05, 0.1) is 12.1 Å². The van der Waals surface area contributed by atoms with Gasteiger partial charge in [-0.25, -0.2) is 0 Å². The number of hydrogen-bond donors (Lipinski definition) is 1. The molecule has 2 aliphatic rings. The number of likely N-dealkylation sites (N-methyl/N-ethyl adjacent to an activating group) is 2. The summed E-state index contributed by atoms with van der Waals surface area (Å²) in [6.45, 7) is 6.43. The third-order valence-corrected chi connectivity index (χ3v) is 4.57. The Balaban J connectivity index is 1.72. The average Bonchev–Trinajstić information content (AvgIpc) is 2.91. The number of aromatic nitrogens is 2. The molecule has 2 saturated heterocycles. The Morgan fingerprint density at radius 3 is 2.95 bits per heavy atom. The van der Waals surface area contributed by atoms with E-state index in [2.05, 4.69) is 46.3 Å². The maximum atomic E-state index is 5.52. The number of nitrogens with zero attached hydrogens (tertiary/aromatic N) is 4. The summed E-state index contributed by atoms with van der Waals surface area (Å²) >= 11 is 0. The largest absolute Gasteiger partial charge is 0.338 e. The molecule has 3 unspecified atom stereocenters. The molecule has 6 heteroatoms. The van der Waals surface area contributed by atoms with Crippen molar-refractivity contribution in [1.29, 1.82) is 0 Å². The second-order valence-corrected chi connectivity index (χ2v) is 6.39. The van der Waals surface area contributed by atoms with E-state index in [1.54, 1.807) is 0 Å². The average molecular weight is 279 g/mol. The second-order valence-electron chi connectivity index (χ2n) is 6.39. The predicted octanol–water partition coefficient (Wildman–Crippen LogP) is 1.05. The summed E-state index contributed by atoms with van der Waals surface area (Å²) in [5.74, 6) is 2.31. The molecule has 3 atom stereocenters. The molecule has 0 aliphatic carbocycles. The van der Waals surface area contributed by atoms with Crippen LogP contribution in [0.15, 0.2) is 4.52 Å². The fourth-order valence-electron chi connectivity index (χ4n) is 3.11. The molecule has 20 heavy (non-hydrogen) atoms. The molecule has 0 bridgehead atoms. The summed E-state index contributed by atoms with van der Waals surface area (Å²) < 4.78 is 5.52. The lowest BCUT2D eigenvalue weighted by molar-refractivity contribution is 0.108. The molecule has 0 amide bonds. The van der Waals surface area contributed by atoms with Crippen LogP contribution >= 0.6 is 0 Å². The van der Waals surface area contributed by atoms with Crippen molar-refractivity contribution >= 4 is 0 Å². The Morgan fingerprint density at radius 2 is 2.15 bits per heavy atom. The molecule has 0 radical (unpaired) electrons. The van der Waals surface area contributed by atoms with E-state index in [0.29, 0.717) is 0 Å². The van der Waals surface area contributed by atoms with Gasteiger partial charge in [-0.1, -0.05) is 12.1 Å². The highest BCUT2D eigenvalue weighted by Gasteiger charge is 2.30. The van der Waals surface area contributed by atoms with Crippen LogP contribution in [0, 0.1) is 5.92 Å². The summed E-state index contributed by atoms with van der Waals surface area (Å²) in [6, 6.07) is 0.471. The van der Waals surface area contributed by atoms with Gasteiger partial charge in [0.15, 0.2) is 5.82 Å². The van der Waals surface area contributed by atoms with Crippen molar-refractivity contribution in [2.24, 2.45) is 5.92 Å². The van der Waals surface area contributed by atoms with E-state index in [-0.39, 0.29) is 12.1 Å². The molecule has 2 fully saturated rings. The fraction of sp³-hybridized carbons (Fsp3) is 0.857. The van der Waals surface area contributed by atoms with E-state index < -0.39 is 0 Å². The van der Waals surface area contributed by atoms with Crippen LogP contribution in [0.1, 0.15) is 43.6 Å². The summed E-state index contributed by atoms with van der Waals surface area (Å²) in [7, 11) is 4.28. The Labute approximate surface area is 120 Å². The number of piperazine rings is 1. The Morgan fingerprint density at radius 1 is 1.30 bits per heavy atom. The quantitative estimate of drug-likeness (QED) is 0.873. The highest BCUT2D eigenvalue weighted by atomic mass is 16.5. The Hall–Kier alpha value is -0.980. The molecular formula is C14H25N5O. The zero-order valence-electron chi connectivity index (χ0n) is 12.7. The van der Waals surface area contributed by atoms with Gasteiger partial charge in [-0.05, 0) is 39.4 Å². The molecule has 112 valence electrons. The molecule has 0 saturated carbocycles. The third kappa shape index (κ3) is 2.87. The molecule has 1 aromatic heterocycles. The molecule has 0 aromatic carbocycles. The van der Waals surface area contributed by atoms with Crippen molar-refractivity contribution in [2.75, 3.05) is 40.3 Å². The first-order valence-electron chi connectivity index (χ1n) is 7.59. The van der Waals surface area contributed by atoms with Crippen LogP contribution in [0.3, 0.4) is 0 Å². The van der Waals surface area contributed by atoms with E-state index in [1.165, 1.54) is 6.42 Å². The van der Waals surface area contributed by atoms with Gasteiger partial charge in [0.1, 0.15) is 0 Å². The normalized spacial score (nSPS) is 33.5. The molecule has 1 N–H and O–H groups in total. The molecule has 2 aliphatic heterocycles. The van der Waals surface area contributed by atoms with Crippen LogP contribution in [-0.4, -0.2) is 60.2 Å². The lowest BCUT2D eigenvalue weighted by Gasteiger charge is -2.35. The zero-order chi connectivity index (χ0) is 14.1. The Bertz CT molecular complexity index is 449. The fourth-order valence-corrected chi connectivity index (χ4v) is 3.11. The van der Waals surface area contributed by atoms with E-state index in [4.69, 9.17) is 4.52 Å². The zero-order valence-corrected chi connectivity index (χ0v) is 12.7. The monoisotopic (exact) mass is 279 g/mol. The third-order valence-electron chi connectivity index (χ3n) is 4.57. The molecular weight excluding hydrogens is 254 g/mol. The summed E-state index contributed by atoms with van der Waals surface area (Å²) in [5, 5.41) is 7.71. The van der Waals surface area contributed by atoms with Crippen molar-refractivity contribution in [1.82, 2.24) is 25.3 Å². The van der Waals surface area contributed by atoms with E-state index in [1.807, 2.05) is 0 Å². The summed E-state index contributed by atoms with van der Waals surface area (Å²) in [5.41, 5.74) is 0. The minimum atomic E-state index is 0.228. The first-order chi connectivity index (χ1) is 9.63. The molecule has 3 rings (SSSR count). The number of rotatable bonds is 2. The SMILES string of the molecule is CC1CCNC(c2nc(C3CN(C)CCN3C)no2)C1. The lowest BCUT2D eigenvalue weighted by Crippen LogP contribution is -2.45. The molecule has 3 heterocycles. The van der Waals surface area contributed by atoms with Crippen molar-refractivity contribution in [3.63, 3.8) is 0 Å². The van der Waals surface area contributed by atoms with E-state index in [9.17, 15) is 0 Å². The van der Waals surface area contributed by atoms with Crippen LogP contribution in [0.25, 0.3) is 0 Å². The first kappa shape index (κ1) is 14.0. The highest BCUT2D eigenvalue weighted by molar-refractivity contribution is 5.01. The van der Waals surface area contributed by atoms with Crippen LogP contribution < -0.4 is 5.32 Å². The predicted molar refractivity (Wildman–Crippen MR) is 76.3 cm³/mol.